The van der Waals surface area contributed by atoms with E-state index in [9.17, 15) is 12.8 Å². The number of methoxy groups -OCH3 is 1. The maximum Gasteiger partial charge on any atom is 0.233 e. The van der Waals surface area contributed by atoms with Crippen molar-refractivity contribution in [2.75, 3.05) is 30.7 Å². The van der Waals surface area contributed by atoms with Crippen LogP contribution in [0.3, 0.4) is 0 Å². The number of ether oxygens (including phenoxy) is 1. The summed E-state index contributed by atoms with van der Waals surface area (Å²) in [6.45, 7) is 3.13. The zero-order chi connectivity index (χ0) is 14.3. The molecule has 0 spiro atoms. The Morgan fingerprint density at radius 3 is 2.63 bits per heavy atom. The second-order valence-electron chi connectivity index (χ2n) is 4.02. The number of rotatable bonds is 8. The zero-order valence-electron chi connectivity index (χ0n) is 11.1. The lowest BCUT2D eigenvalue weighted by molar-refractivity contribution is 0.386. The summed E-state index contributed by atoms with van der Waals surface area (Å²) in [5, 5.41) is 2.99. The number of hydrogen-bond acceptors (Lipinski definition) is 4. The number of anilines is 1. The number of hydrogen-bond donors (Lipinski definition) is 2. The molecule has 0 saturated carbocycles. The van der Waals surface area contributed by atoms with Crippen LogP contribution >= 0.6 is 0 Å². The molecule has 0 aliphatic carbocycles. The van der Waals surface area contributed by atoms with E-state index in [2.05, 4.69) is 10.0 Å². The fraction of sp³-hybridized carbons (Fsp3) is 0.500. The van der Waals surface area contributed by atoms with Crippen molar-refractivity contribution < 1.29 is 17.5 Å². The van der Waals surface area contributed by atoms with Gasteiger partial charge in [0.1, 0.15) is 0 Å². The van der Waals surface area contributed by atoms with Gasteiger partial charge in [0, 0.05) is 12.6 Å². The van der Waals surface area contributed by atoms with Crippen molar-refractivity contribution in [3.8, 4) is 5.75 Å². The fourth-order valence-electron chi connectivity index (χ4n) is 1.47. The summed E-state index contributed by atoms with van der Waals surface area (Å²) in [6.07, 6.45) is 0.942. The SMILES string of the molecule is CCCNCCS(=O)(=O)Nc1ccc(OC)c(F)c1. The van der Waals surface area contributed by atoms with E-state index in [1.807, 2.05) is 6.92 Å². The largest absolute Gasteiger partial charge is 0.494 e. The first-order valence-electron chi connectivity index (χ1n) is 6.03. The summed E-state index contributed by atoms with van der Waals surface area (Å²) < 4.78 is 43.9. The first-order chi connectivity index (χ1) is 8.98. The molecule has 108 valence electrons. The van der Waals surface area contributed by atoms with E-state index in [1.165, 1.54) is 19.2 Å². The van der Waals surface area contributed by atoms with Crippen molar-refractivity contribution in [2.45, 2.75) is 13.3 Å². The van der Waals surface area contributed by atoms with Gasteiger partial charge in [-0.15, -0.1) is 0 Å². The van der Waals surface area contributed by atoms with Gasteiger partial charge >= 0.3 is 0 Å². The molecule has 2 N–H and O–H groups in total. The Morgan fingerprint density at radius 1 is 1.32 bits per heavy atom. The Hall–Kier alpha value is -1.34. The third-order valence-corrected chi connectivity index (χ3v) is 3.69. The molecule has 0 unspecified atom stereocenters. The van der Waals surface area contributed by atoms with E-state index in [4.69, 9.17) is 4.74 Å². The highest BCUT2D eigenvalue weighted by Gasteiger charge is 2.11. The zero-order valence-corrected chi connectivity index (χ0v) is 11.9. The topological polar surface area (TPSA) is 67.4 Å². The summed E-state index contributed by atoms with van der Waals surface area (Å²) in [5.41, 5.74) is 0.189. The van der Waals surface area contributed by atoms with Crippen LogP contribution < -0.4 is 14.8 Å². The molecule has 0 heterocycles. The van der Waals surface area contributed by atoms with E-state index in [0.717, 1.165) is 19.0 Å². The standard InChI is InChI=1S/C12H19FN2O3S/c1-3-6-14-7-8-19(16,17)15-10-4-5-12(18-2)11(13)9-10/h4-5,9,14-15H,3,6-8H2,1-2H3. The van der Waals surface area contributed by atoms with Gasteiger partial charge in [-0.25, -0.2) is 12.8 Å². The highest BCUT2D eigenvalue weighted by atomic mass is 32.2. The number of sulfonamides is 1. The third kappa shape index (κ3) is 5.44. The van der Waals surface area contributed by atoms with Crippen LogP contribution in [0, 0.1) is 5.82 Å². The average molecular weight is 290 g/mol. The number of halogens is 1. The van der Waals surface area contributed by atoms with Gasteiger partial charge < -0.3 is 10.1 Å². The van der Waals surface area contributed by atoms with Crippen LogP contribution in [0.5, 0.6) is 5.75 Å². The maximum atomic E-state index is 13.4. The van der Waals surface area contributed by atoms with Gasteiger partial charge in [-0.2, -0.15) is 0 Å². The number of nitrogens with one attached hydrogen (secondary N) is 2. The van der Waals surface area contributed by atoms with Crippen LogP contribution in [0.2, 0.25) is 0 Å². The molecule has 0 aliphatic rings. The molecule has 1 aromatic carbocycles. The van der Waals surface area contributed by atoms with E-state index in [0.29, 0.717) is 6.54 Å². The van der Waals surface area contributed by atoms with Gasteiger partial charge in [0.05, 0.1) is 18.6 Å². The molecular weight excluding hydrogens is 271 g/mol. The first-order valence-corrected chi connectivity index (χ1v) is 7.68. The van der Waals surface area contributed by atoms with Crippen molar-refractivity contribution in [1.29, 1.82) is 0 Å². The number of benzene rings is 1. The third-order valence-electron chi connectivity index (χ3n) is 2.40. The van der Waals surface area contributed by atoms with Crippen LogP contribution in [0.4, 0.5) is 10.1 Å². The van der Waals surface area contributed by atoms with Gasteiger partial charge in [-0.3, -0.25) is 4.72 Å². The molecule has 0 radical (unpaired) electrons. The molecule has 0 aromatic heterocycles. The van der Waals surface area contributed by atoms with E-state index >= 15 is 0 Å². The normalized spacial score (nSPS) is 11.3. The first kappa shape index (κ1) is 15.7. The van der Waals surface area contributed by atoms with Gasteiger partial charge in [-0.1, -0.05) is 6.92 Å². The molecule has 0 atom stereocenters. The second-order valence-corrected chi connectivity index (χ2v) is 5.86. The monoisotopic (exact) mass is 290 g/mol. The fourth-order valence-corrected chi connectivity index (χ4v) is 2.47. The minimum absolute atomic E-state index is 0.0549. The maximum absolute atomic E-state index is 13.4. The molecule has 5 nitrogen and oxygen atoms in total. The molecule has 0 bridgehead atoms. The molecule has 0 saturated heterocycles. The van der Waals surface area contributed by atoms with Crippen LogP contribution in [0.25, 0.3) is 0 Å². The minimum atomic E-state index is -3.47. The van der Waals surface area contributed by atoms with Crippen molar-refractivity contribution in [2.24, 2.45) is 0 Å². The molecule has 0 amide bonds. The van der Waals surface area contributed by atoms with E-state index in [1.54, 1.807) is 0 Å². The molecule has 7 heteroatoms. The Kier molecular flexibility index (Phi) is 6.04. The van der Waals surface area contributed by atoms with Crippen LogP contribution in [0.1, 0.15) is 13.3 Å². The molecule has 1 rings (SSSR count). The molecular formula is C12H19FN2O3S. The summed E-state index contributed by atoms with van der Waals surface area (Å²) in [6, 6.07) is 3.93. The minimum Gasteiger partial charge on any atom is -0.494 e. The summed E-state index contributed by atoms with van der Waals surface area (Å²) in [4.78, 5) is 0. The lowest BCUT2D eigenvalue weighted by Crippen LogP contribution is -2.27. The Morgan fingerprint density at radius 2 is 2.05 bits per heavy atom. The van der Waals surface area contributed by atoms with Crippen LogP contribution in [-0.2, 0) is 10.0 Å². The van der Waals surface area contributed by atoms with Crippen LogP contribution in [-0.4, -0.2) is 34.4 Å². The summed E-state index contributed by atoms with van der Waals surface area (Å²) >= 11 is 0. The van der Waals surface area contributed by atoms with E-state index in [-0.39, 0.29) is 17.2 Å². The molecule has 0 fully saturated rings. The van der Waals surface area contributed by atoms with Gasteiger partial charge in [0.25, 0.3) is 0 Å². The Balaban J connectivity index is 2.60. The van der Waals surface area contributed by atoms with Gasteiger partial charge in [-0.05, 0) is 25.1 Å². The highest BCUT2D eigenvalue weighted by Crippen LogP contribution is 2.21. The molecule has 0 aliphatic heterocycles. The van der Waals surface area contributed by atoms with Crippen LogP contribution in [0.15, 0.2) is 18.2 Å². The predicted octanol–water partition coefficient (Wildman–Crippen LogP) is 1.58. The summed E-state index contributed by atoms with van der Waals surface area (Å²) in [5.74, 6) is -0.583. The van der Waals surface area contributed by atoms with Crippen molar-refractivity contribution in [1.82, 2.24) is 5.32 Å². The quantitative estimate of drug-likeness (QED) is 0.713. The Bertz CT molecular complexity index is 506. The van der Waals surface area contributed by atoms with Gasteiger partial charge in [0.2, 0.25) is 10.0 Å². The summed E-state index contributed by atoms with van der Waals surface area (Å²) in [7, 11) is -2.12. The average Bonchev–Trinajstić information content (AvgIpc) is 2.34. The van der Waals surface area contributed by atoms with Crippen molar-refractivity contribution in [3.63, 3.8) is 0 Å². The smallest absolute Gasteiger partial charge is 0.233 e. The molecule has 1 aromatic rings. The van der Waals surface area contributed by atoms with Crippen molar-refractivity contribution in [3.05, 3.63) is 24.0 Å². The molecule has 19 heavy (non-hydrogen) atoms. The Labute approximate surface area is 113 Å². The van der Waals surface area contributed by atoms with E-state index < -0.39 is 15.8 Å². The van der Waals surface area contributed by atoms with Gasteiger partial charge in [0.15, 0.2) is 11.6 Å². The predicted molar refractivity (Wildman–Crippen MR) is 73.5 cm³/mol. The van der Waals surface area contributed by atoms with Crippen molar-refractivity contribution >= 4 is 15.7 Å². The highest BCUT2D eigenvalue weighted by molar-refractivity contribution is 7.92. The second kappa shape index (κ2) is 7.30. The lowest BCUT2D eigenvalue weighted by Gasteiger charge is -2.09. The lowest BCUT2D eigenvalue weighted by atomic mass is 10.3.